The van der Waals surface area contributed by atoms with E-state index in [-0.39, 0.29) is 21.3 Å². The van der Waals surface area contributed by atoms with E-state index in [1.165, 1.54) is 74.8 Å². The molecule has 3 rings (SSSR count). The van der Waals surface area contributed by atoms with Crippen molar-refractivity contribution in [3.05, 3.63) is 73.3 Å². The Morgan fingerprint density at radius 2 is 1.06 bits per heavy atom. The summed E-state index contributed by atoms with van der Waals surface area (Å²) in [5.41, 5.74) is 0. The number of hydrogen-bond acceptors (Lipinski definition) is 10. The lowest BCUT2D eigenvalue weighted by Gasteiger charge is -2.14. The summed E-state index contributed by atoms with van der Waals surface area (Å²) in [5.74, 6) is -1.61. The minimum Gasteiger partial charge on any atom is -0.425 e. The smallest absolute Gasteiger partial charge is 0.329 e. The lowest BCUT2D eigenvalue weighted by atomic mass is 10.3. The van der Waals surface area contributed by atoms with Crippen LogP contribution in [0.4, 0.5) is 0 Å². The van der Waals surface area contributed by atoms with E-state index in [9.17, 15) is 26.4 Å². The highest BCUT2D eigenvalue weighted by atomic mass is 32.2. The van der Waals surface area contributed by atoms with Crippen molar-refractivity contribution < 1.29 is 35.9 Å². The van der Waals surface area contributed by atoms with Crippen molar-refractivity contribution in [3.8, 4) is 11.5 Å². The van der Waals surface area contributed by atoms with E-state index in [1.807, 2.05) is 0 Å². The number of carbonyl (C=O) groups excluding carboxylic acids is 2. The van der Waals surface area contributed by atoms with E-state index in [1.54, 1.807) is 0 Å². The van der Waals surface area contributed by atoms with Crippen molar-refractivity contribution >= 4 is 32.0 Å². The van der Waals surface area contributed by atoms with Gasteiger partial charge in [-0.3, -0.25) is 9.97 Å². The van der Waals surface area contributed by atoms with Gasteiger partial charge < -0.3 is 9.47 Å². The number of aromatic nitrogens is 2. The molecule has 0 radical (unpaired) electrons. The van der Waals surface area contributed by atoms with Crippen LogP contribution in [0.3, 0.4) is 0 Å². The minimum atomic E-state index is -3.98. The average molecular weight is 535 g/mol. The molecule has 0 spiro atoms. The van der Waals surface area contributed by atoms with E-state index in [2.05, 4.69) is 19.4 Å². The van der Waals surface area contributed by atoms with E-state index in [0.717, 1.165) is 12.4 Å². The molecule has 0 amide bonds. The van der Waals surface area contributed by atoms with Gasteiger partial charge in [-0.2, -0.15) is 9.44 Å². The molecule has 2 atom stereocenters. The number of ether oxygens (including phenoxy) is 2. The Morgan fingerprint density at radius 1 is 0.694 bits per heavy atom. The third-order valence-electron chi connectivity index (χ3n) is 4.52. The maximum Gasteiger partial charge on any atom is 0.329 e. The second kappa shape index (κ2) is 11.3. The zero-order valence-electron chi connectivity index (χ0n) is 19.1. The molecular weight excluding hydrogens is 512 g/mol. The van der Waals surface area contributed by atoms with Crippen LogP contribution in [-0.2, 0) is 29.6 Å². The molecule has 0 aliphatic heterocycles. The molecule has 0 aliphatic rings. The summed E-state index contributed by atoms with van der Waals surface area (Å²) in [5, 5.41) is 0. The monoisotopic (exact) mass is 534 g/mol. The standard InChI is InChI=1S/C22H22N4O8S2/c1-15(25-35(29,30)19-5-3-11-23-13-19)21(27)33-17-7-9-18(10-8-17)34-22(28)16(2)26-36(31,32)20-6-4-12-24-14-20/h3-16,25-26H,1-2H3/t15-,16-/m0/s1. The van der Waals surface area contributed by atoms with E-state index in [4.69, 9.17) is 9.47 Å². The van der Waals surface area contributed by atoms with Crippen molar-refractivity contribution in [2.45, 2.75) is 35.7 Å². The molecule has 190 valence electrons. The first-order valence-corrected chi connectivity index (χ1v) is 13.3. The Bertz CT molecular complexity index is 1310. The highest BCUT2D eigenvalue weighted by Gasteiger charge is 2.25. The van der Waals surface area contributed by atoms with Gasteiger partial charge in [-0.15, -0.1) is 0 Å². The van der Waals surface area contributed by atoms with Gasteiger partial charge in [0.1, 0.15) is 33.4 Å². The first kappa shape index (κ1) is 26.9. The number of nitrogens with one attached hydrogen (secondary N) is 2. The minimum absolute atomic E-state index is 0.0672. The summed E-state index contributed by atoms with van der Waals surface area (Å²) >= 11 is 0. The number of esters is 2. The molecule has 0 saturated carbocycles. The Kier molecular flexibility index (Phi) is 8.47. The molecule has 1 aromatic carbocycles. The average Bonchev–Trinajstić information content (AvgIpc) is 2.85. The van der Waals surface area contributed by atoms with Crippen molar-refractivity contribution in [2.75, 3.05) is 0 Å². The van der Waals surface area contributed by atoms with E-state index >= 15 is 0 Å². The van der Waals surface area contributed by atoms with Crippen LogP contribution in [0.15, 0.2) is 83.1 Å². The van der Waals surface area contributed by atoms with Gasteiger partial charge in [-0.1, -0.05) is 0 Å². The zero-order chi connectivity index (χ0) is 26.3. The number of nitrogens with zero attached hydrogens (tertiary/aromatic N) is 2. The van der Waals surface area contributed by atoms with Gasteiger partial charge in [-0.05, 0) is 62.4 Å². The number of benzene rings is 1. The number of sulfonamides is 2. The summed E-state index contributed by atoms with van der Waals surface area (Å²) in [6.45, 7) is 2.64. The second-order valence-corrected chi connectivity index (χ2v) is 10.8. The fourth-order valence-electron chi connectivity index (χ4n) is 2.69. The fraction of sp³-hybridized carbons (Fsp3) is 0.182. The molecule has 3 aromatic rings. The normalized spacial score (nSPS) is 13.4. The van der Waals surface area contributed by atoms with Crippen molar-refractivity contribution in [2.24, 2.45) is 0 Å². The molecule has 2 N–H and O–H groups in total. The summed E-state index contributed by atoms with van der Waals surface area (Å²) in [6, 6.07) is 8.45. The van der Waals surface area contributed by atoms with Crippen LogP contribution in [0, 0.1) is 0 Å². The Hall–Kier alpha value is -3.72. The Morgan fingerprint density at radius 3 is 1.36 bits per heavy atom. The van der Waals surface area contributed by atoms with Gasteiger partial charge in [0, 0.05) is 24.8 Å². The molecule has 0 saturated heterocycles. The second-order valence-electron chi connectivity index (χ2n) is 7.38. The number of rotatable bonds is 10. The van der Waals surface area contributed by atoms with E-state index in [0.29, 0.717) is 0 Å². The molecule has 2 aromatic heterocycles. The SMILES string of the molecule is C[C@H](NS(=O)(=O)c1cccnc1)C(=O)Oc1ccc(OC(=O)[C@H](C)NS(=O)(=O)c2cccnc2)cc1. The Labute approximate surface area is 207 Å². The van der Waals surface area contributed by atoms with Crippen LogP contribution < -0.4 is 18.9 Å². The van der Waals surface area contributed by atoms with Crippen LogP contribution in [0.2, 0.25) is 0 Å². The van der Waals surface area contributed by atoms with Crippen LogP contribution in [0.5, 0.6) is 11.5 Å². The van der Waals surface area contributed by atoms with Gasteiger partial charge in [0.25, 0.3) is 0 Å². The van der Waals surface area contributed by atoms with Gasteiger partial charge in [0.05, 0.1) is 0 Å². The van der Waals surface area contributed by atoms with Crippen molar-refractivity contribution in [1.29, 1.82) is 0 Å². The Balaban J connectivity index is 1.55. The number of hydrogen-bond donors (Lipinski definition) is 2. The van der Waals surface area contributed by atoms with Gasteiger partial charge in [0.15, 0.2) is 0 Å². The number of carbonyl (C=O) groups is 2. The van der Waals surface area contributed by atoms with Gasteiger partial charge in [-0.25, -0.2) is 26.4 Å². The third-order valence-corrected chi connectivity index (χ3v) is 7.57. The largest absolute Gasteiger partial charge is 0.425 e. The summed E-state index contributed by atoms with van der Waals surface area (Å²) in [7, 11) is -7.96. The molecular formula is C22H22N4O8S2. The van der Waals surface area contributed by atoms with Crippen molar-refractivity contribution in [3.63, 3.8) is 0 Å². The molecule has 36 heavy (non-hydrogen) atoms. The van der Waals surface area contributed by atoms with Crippen LogP contribution >= 0.6 is 0 Å². The number of pyridine rings is 2. The van der Waals surface area contributed by atoms with E-state index < -0.39 is 44.1 Å². The summed E-state index contributed by atoms with van der Waals surface area (Å²) in [6.07, 6.45) is 5.12. The van der Waals surface area contributed by atoms with Crippen LogP contribution in [-0.4, -0.2) is 50.8 Å². The molecule has 12 nitrogen and oxygen atoms in total. The molecule has 0 fully saturated rings. The van der Waals surface area contributed by atoms with Gasteiger partial charge >= 0.3 is 11.9 Å². The molecule has 0 bridgehead atoms. The van der Waals surface area contributed by atoms with Crippen molar-refractivity contribution in [1.82, 2.24) is 19.4 Å². The summed E-state index contributed by atoms with van der Waals surface area (Å²) in [4.78, 5) is 31.9. The maximum atomic E-state index is 12.3. The maximum absolute atomic E-state index is 12.3. The fourth-order valence-corrected chi connectivity index (χ4v) is 5.00. The predicted octanol–water partition coefficient (Wildman–Crippen LogP) is 1.02. The predicted molar refractivity (Wildman–Crippen MR) is 126 cm³/mol. The first-order valence-electron chi connectivity index (χ1n) is 10.4. The highest BCUT2D eigenvalue weighted by Crippen LogP contribution is 2.19. The van der Waals surface area contributed by atoms with Crippen LogP contribution in [0.25, 0.3) is 0 Å². The lowest BCUT2D eigenvalue weighted by molar-refractivity contribution is -0.136. The molecule has 0 unspecified atom stereocenters. The zero-order valence-corrected chi connectivity index (χ0v) is 20.7. The topological polar surface area (TPSA) is 171 Å². The molecule has 14 heteroatoms. The third kappa shape index (κ3) is 7.14. The van der Waals surface area contributed by atoms with Crippen LogP contribution in [0.1, 0.15) is 13.8 Å². The first-order chi connectivity index (χ1) is 17.0. The van der Waals surface area contributed by atoms with Gasteiger partial charge in [0.2, 0.25) is 20.0 Å². The molecule has 0 aliphatic carbocycles. The highest BCUT2D eigenvalue weighted by molar-refractivity contribution is 7.89. The molecule has 2 heterocycles. The quantitative estimate of drug-likeness (QED) is 0.283. The lowest BCUT2D eigenvalue weighted by Crippen LogP contribution is -2.40. The summed E-state index contributed by atoms with van der Waals surface area (Å²) < 4.78 is 64.0.